The topological polar surface area (TPSA) is 72.2 Å². The Hall–Kier alpha value is -2.69. The molecule has 0 aromatic heterocycles. The second-order valence-electron chi connectivity index (χ2n) is 4.13. The summed E-state index contributed by atoms with van der Waals surface area (Å²) in [6.07, 6.45) is 0. The van der Waals surface area contributed by atoms with Crippen LogP contribution in [-0.4, -0.2) is 10.8 Å². The Morgan fingerprint density at radius 3 is 2.29 bits per heavy atom. The molecule has 2 rings (SSSR count). The van der Waals surface area contributed by atoms with Gasteiger partial charge in [0.1, 0.15) is 0 Å². The van der Waals surface area contributed by atoms with E-state index in [-0.39, 0.29) is 17.2 Å². The molecule has 0 aliphatic rings. The van der Waals surface area contributed by atoms with Crippen molar-refractivity contribution in [1.29, 1.82) is 0 Å². The summed E-state index contributed by atoms with van der Waals surface area (Å²) in [4.78, 5) is 22.1. The van der Waals surface area contributed by atoms with Crippen LogP contribution in [0.3, 0.4) is 0 Å². The van der Waals surface area contributed by atoms with Crippen LogP contribution in [0.15, 0.2) is 48.5 Å². The molecule has 0 unspecified atom stereocenters. The van der Waals surface area contributed by atoms with Crippen molar-refractivity contribution in [2.24, 2.45) is 0 Å². The molecule has 0 saturated carbocycles. The van der Waals surface area contributed by atoms with Gasteiger partial charge in [0.2, 0.25) is 0 Å². The van der Waals surface area contributed by atoms with Gasteiger partial charge in [0.15, 0.2) is 0 Å². The van der Waals surface area contributed by atoms with Crippen molar-refractivity contribution in [3.63, 3.8) is 0 Å². The quantitative estimate of drug-likeness (QED) is 0.679. The van der Waals surface area contributed by atoms with Crippen LogP contribution in [0.5, 0.6) is 0 Å². The molecular formula is C16H18N2O3. The minimum atomic E-state index is -0.525. The predicted molar refractivity (Wildman–Crippen MR) is 83.6 cm³/mol. The van der Waals surface area contributed by atoms with E-state index in [0.29, 0.717) is 5.69 Å². The zero-order chi connectivity index (χ0) is 15.8. The number of non-ortho nitro benzene ring substituents is 1. The maximum absolute atomic E-state index is 11.9. The van der Waals surface area contributed by atoms with E-state index in [9.17, 15) is 14.9 Å². The van der Waals surface area contributed by atoms with E-state index in [1.807, 2.05) is 32.9 Å². The van der Waals surface area contributed by atoms with Gasteiger partial charge < -0.3 is 5.32 Å². The first-order valence-corrected chi connectivity index (χ1v) is 6.69. The van der Waals surface area contributed by atoms with Gasteiger partial charge in [0, 0.05) is 23.4 Å². The van der Waals surface area contributed by atoms with Gasteiger partial charge in [-0.25, -0.2) is 0 Å². The third-order valence-electron chi connectivity index (χ3n) is 2.63. The molecule has 0 aliphatic carbocycles. The largest absolute Gasteiger partial charge is 0.322 e. The number of nitro benzene ring substituents is 1. The van der Waals surface area contributed by atoms with Gasteiger partial charge in [-0.15, -0.1) is 0 Å². The lowest BCUT2D eigenvalue weighted by atomic mass is 10.1. The highest BCUT2D eigenvalue weighted by Crippen LogP contribution is 2.15. The van der Waals surface area contributed by atoms with Gasteiger partial charge in [-0.05, 0) is 25.1 Å². The molecule has 0 saturated heterocycles. The SMILES string of the molecule is CC.Cc1ccc(NC(=O)c2cccc([N+](=O)[O-])c2)cc1. The Morgan fingerprint density at radius 2 is 1.71 bits per heavy atom. The van der Waals surface area contributed by atoms with E-state index in [0.717, 1.165) is 5.56 Å². The highest BCUT2D eigenvalue weighted by Gasteiger charge is 2.11. The van der Waals surface area contributed by atoms with Crippen LogP contribution in [0.1, 0.15) is 29.8 Å². The Kier molecular flexibility index (Phi) is 6.07. The molecule has 110 valence electrons. The van der Waals surface area contributed by atoms with E-state index in [4.69, 9.17) is 0 Å². The van der Waals surface area contributed by atoms with E-state index < -0.39 is 4.92 Å². The molecule has 5 nitrogen and oxygen atoms in total. The Labute approximate surface area is 123 Å². The number of hydrogen-bond acceptors (Lipinski definition) is 3. The molecule has 2 aromatic rings. The summed E-state index contributed by atoms with van der Waals surface area (Å²) in [5, 5.41) is 13.3. The fraction of sp³-hybridized carbons (Fsp3) is 0.188. The first-order chi connectivity index (χ1) is 10.1. The molecule has 2 aromatic carbocycles. The monoisotopic (exact) mass is 286 g/mol. The number of carbonyl (C=O) groups is 1. The van der Waals surface area contributed by atoms with Crippen molar-refractivity contribution in [2.45, 2.75) is 20.8 Å². The average Bonchev–Trinajstić information content (AvgIpc) is 2.51. The Balaban J connectivity index is 0.00000106. The van der Waals surface area contributed by atoms with Crippen molar-refractivity contribution in [3.8, 4) is 0 Å². The summed E-state index contributed by atoms with van der Waals surface area (Å²) in [7, 11) is 0. The minimum absolute atomic E-state index is 0.100. The second kappa shape index (κ2) is 7.79. The van der Waals surface area contributed by atoms with Gasteiger partial charge in [-0.2, -0.15) is 0 Å². The summed E-state index contributed by atoms with van der Waals surface area (Å²) in [5.41, 5.74) is 1.90. The normalized spacial score (nSPS) is 9.29. The van der Waals surface area contributed by atoms with Crippen molar-refractivity contribution in [1.82, 2.24) is 0 Å². The molecule has 0 aliphatic heterocycles. The third kappa shape index (κ3) is 4.72. The van der Waals surface area contributed by atoms with Crippen LogP contribution < -0.4 is 5.32 Å². The number of rotatable bonds is 3. The highest BCUT2D eigenvalue weighted by atomic mass is 16.6. The van der Waals surface area contributed by atoms with E-state index in [1.165, 1.54) is 24.3 Å². The molecule has 1 N–H and O–H groups in total. The molecule has 5 heteroatoms. The number of carbonyl (C=O) groups excluding carboxylic acids is 1. The maximum atomic E-state index is 11.9. The van der Waals surface area contributed by atoms with Crippen molar-refractivity contribution in [3.05, 3.63) is 69.8 Å². The molecule has 0 heterocycles. The first-order valence-electron chi connectivity index (χ1n) is 6.69. The zero-order valence-electron chi connectivity index (χ0n) is 12.3. The number of amides is 1. The summed E-state index contributed by atoms with van der Waals surface area (Å²) >= 11 is 0. The Morgan fingerprint density at radius 1 is 1.10 bits per heavy atom. The number of nitrogens with one attached hydrogen (secondary N) is 1. The highest BCUT2D eigenvalue weighted by molar-refractivity contribution is 6.04. The summed E-state index contributed by atoms with van der Waals surface area (Å²) < 4.78 is 0. The third-order valence-corrected chi connectivity index (χ3v) is 2.63. The van der Waals surface area contributed by atoms with E-state index in [2.05, 4.69) is 5.32 Å². The van der Waals surface area contributed by atoms with Crippen LogP contribution in [-0.2, 0) is 0 Å². The number of nitro groups is 1. The summed E-state index contributed by atoms with van der Waals surface area (Å²) in [6, 6.07) is 13.0. The van der Waals surface area contributed by atoms with Crippen LogP contribution in [0, 0.1) is 17.0 Å². The van der Waals surface area contributed by atoms with Crippen LogP contribution in [0.4, 0.5) is 11.4 Å². The lowest BCUT2D eigenvalue weighted by Crippen LogP contribution is -2.11. The second-order valence-corrected chi connectivity index (χ2v) is 4.13. The number of nitrogens with zero attached hydrogens (tertiary/aromatic N) is 1. The molecule has 0 spiro atoms. The number of anilines is 1. The number of benzene rings is 2. The molecule has 0 atom stereocenters. The zero-order valence-corrected chi connectivity index (χ0v) is 12.3. The molecular weight excluding hydrogens is 268 g/mol. The predicted octanol–water partition coefficient (Wildman–Crippen LogP) is 4.18. The van der Waals surface area contributed by atoms with Crippen molar-refractivity contribution >= 4 is 17.3 Å². The van der Waals surface area contributed by atoms with Gasteiger partial charge in [0.25, 0.3) is 11.6 Å². The first kappa shape index (κ1) is 16.4. The molecule has 1 amide bonds. The van der Waals surface area contributed by atoms with E-state index in [1.54, 1.807) is 12.1 Å². The summed E-state index contributed by atoms with van der Waals surface area (Å²) in [5.74, 6) is -0.368. The fourth-order valence-corrected chi connectivity index (χ4v) is 1.60. The van der Waals surface area contributed by atoms with Crippen molar-refractivity contribution < 1.29 is 9.72 Å². The average molecular weight is 286 g/mol. The van der Waals surface area contributed by atoms with Gasteiger partial charge in [0.05, 0.1) is 4.92 Å². The molecule has 0 bridgehead atoms. The van der Waals surface area contributed by atoms with Gasteiger partial charge >= 0.3 is 0 Å². The standard InChI is InChI=1S/C14H12N2O3.C2H6/c1-10-5-7-12(8-6-10)15-14(17)11-3-2-4-13(9-11)16(18)19;1-2/h2-9H,1H3,(H,15,17);1-2H3. The smallest absolute Gasteiger partial charge is 0.270 e. The van der Waals surface area contributed by atoms with Crippen molar-refractivity contribution in [2.75, 3.05) is 5.32 Å². The Bertz CT molecular complexity index is 622. The fourth-order valence-electron chi connectivity index (χ4n) is 1.60. The lowest BCUT2D eigenvalue weighted by molar-refractivity contribution is -0.384. The lowest BCUT2D eigenvalue weighted by Gasteiger charge is -2.05. The van der Waals surface area contributed by atoms with E-state index >= 15 is 0 Å². The molecule has 0 radical (unpaired) electrons. The number of aryl methyl sites for hydroxylation is 1. The molecule has 21 heavy (non-hydrogen) atoms. The summed E-state index contributed by atoms with van der Waals surface area (Å²) in [6.45, 7) is 5.95. The van der Waals surface area contributed by atoms with Crippen LogP contribution >= 0.6 is 0 Å². The van der Waals surface area contributed by atoms with Gasteiger partial charge in [-0.3, -0.25) is 14.9 Å². The van der Waals surface area contributed by atoms with Crippen LogP contribution in [0.25, 0.3) is 0 Å². The number of hydrogen-bond donors (Lipinski definition) is 1. The molecule has 0 fully saturated rings. The minimum Gasteiger partial charge on any atom is -0.322 e. The van der Waals surface area contributed by atoms with Gasteiger partial charge in [-0.1, -0.05) is 37.6 Å². The van der Waals surface area contributed by atoms with Crippen LogP contribution in [0.2, 0.25) is 0 Å². The maximum Gasteiger partial charge on any atom is 0.270 e.